The molecule has 7 rings (SSSR count). The number of benzene rings is 5. The molecule has 0 amide bonds. The average Bonchev–Trinajstić information content (AvgIpc) is 3.06. The van der Waals surface area contributed by atoms with E-state index in [2.05, 4.69) is 59.5 Å². The van der Waals surface area contributed by atoms with Crippen LogP contribution in [0.25, 0.3) is 33.0 Å². The Morgan fingerprint density at radius 3 is 2.06 bits per heavy atom. The minimum atomic E-state index is -3.48. The zero-order valence-electron chi connectivity index (χ0n) is 17.0. The van der Waals surface area contributed by atoms with E-state index in [-0.39, 0.29) is 0 Å². The third-order valence-corrected chi connectivity index (χ3v) is 8.41. The Morgan fingerprint density at radius 2 is 1.19 bits per heavy atom. The highest BCUT2D eigenvalue weighted by Gasteiger charge is 2.34. The largest absolute Gasteiger partial charge is 0.309 e. The van der Waals surface area contributed by atoms with Crippen LogP contribution in [0.1, 0.15) is 0 Å². The summed E-state index contributed by atoms with van der Waals surface area (Å²) in [6.07, 6.45) is 0. The second-order valence-electron chi connectivity index (χ2n) is 8.21. The van der Waals surface area contributed by atoms with Crippen LogP contribution >= 0.6 is 0 Å². The fourth-order valence-electron chi connectivity index (χ4n) is 5.18. The Labute approximate surface area is 186 Å². The highest BCUT2D eigenvalue weighted by molar-refractivity contribution is 7.92. The lowest BCUT2D eigenvalue weighted by Crippen LogP contribution is -2.15. The van der Waals surface area contributed by atoms with Crippen molar-refractivity contribution in [2.45, 2.75) is 9.79 Å². The lowest BCUT2D eigenvalue weighted by molar-refractivity contribution is 0.598. The minimum absolute atomic E-state index is 0.381. The summed E-state index contributed by atoms with van der Waals surface area (Å²) >= 11 is 0. The second kappa shape index (κ2) is 6.09. The molecule has 2 aliphatic heterocycles. The summed E-state index contributed by atoms with van der Waals surface area (Å²) in [4.78, 5) is 3.02. The molecular formula is C28H17NO2S. The van der Waals surface area contributed by atoms with Gasteiger partial charge in [-0.3, -0.25) is 0 Å². The standard InChI is InChI=1S/C28H17NO2S/c30-32(31)26-14-4-2-10-21(26)23-17-19(15-16-27(23)32)29-24-12-3-1-9-20(24)22-11-5-7-18-8-6-13-25(29)28(18)22/h1-17H. The maximum absolute atomic E-state index is 13.1. The minimum Gasteiger partial charge on any atom is -0.309 e. The molecule has 0 radical (unpaired) electrons. The number of rotatable bonds is 1. The smallest absolute Gasteiger partial charge is 0.207 e. The van der Waals surface area contributed by atoms with Crippen LogP contribution in [0.4, 0.5) is 17.1 Å². The van der Waals surface area contributed by atoms with Crippen LogP contribution in [0.15, 0.2) is 113 Å². The molecule has 0 unspecified atom stereocenters. The van der Waals surface area contributed by atoms with Crippen molar-refractivity contribution in [2.75, 3.05) is 4.90 Å². The lowest BCUT2D eigenvalue weighted by atomic mass is 9.91. The SMILES string of the molecule is O=S1(=O)c2ccccc2-c2cc(N3c4ccccc4-c4cccc5cccc3c45)ccc21. The Kier molecular flexibility index (Phi) is 3.38. The summed E-state index contributed by atoms with van der Waals surface area (Å²) in [5.74, 6) is 0. The molecule has 2 heterocycles. The van der Waals surface area contributed by atoms with Gasteiger partial charge in [-0.15, -0.1) is 0 Å². The maximum atomic E-state index is 13.1. The highest BCUT2D eigenvalue weighted by atomic mass is 32.2. The number of hydrogen-bond acceptors (Lipinski definition) is 3. The van der Waals surface area contributed by atoms with Gasteiger partial charge in [0, 0.05) is 27.8 Å². The first-order valence-corrected chi connectivity index (χ1v) is 12.0. The van der Waals surface area contributed by atoms with E-state index in [9.17, 15) is 8.42 Å². The molecule has 0 N–H and O–H groups in total. The molecule has 0 spiro atoms. The van der Waals surface area contributed by atoms with Gasteiger partial charge in [-0.25, -0.2) is 8.42 Å². The first-order chi connectivity index (χ1) is 15.6. The van der Waals surface area contributed by atoms with Gasteiger partial charge in [0.25, 0.3) is 0 Å². The number of anilines is 3. The van der Waals surface area contributed by atoms with Crippen LogP contribution in [0.5, 0.6) is 0 Å². The maximum Gasteiger partial charge on any atom is 0.207 e. The summed E-state index contributed by atoms with van der Waals surface area (Å²) in [5, 5.41) is 2.40. The van der Waals surface area contributed by atoms with Crippen molar-refractivity contribution in [3.8, 4) is 22.3 Å². The van der Waals surface area contributed by atoms with Crippen LogP contribution in [0.3, 0.4) is 0 Å². The van der Waals surface area contributed by atoms with Crippen LogP contribution < -0.4 is 4.90 Å². The quantitative estimate of drug-likeness (QED) is 0.278. The second-order valence-corrected chi connectivity index (χ2v) is 10.1. The fraction of sp³-hybridized carbons (Fsp3) is 0. The van der Waals surface area contributed by atoms with E-state index < -0.39 is 9.84 Å². The monoisotopic (exact) mass is 431 g/mol. The van der Waals surface area contributed by atoms with E-state index in [0.717, 1.165) is 28.2 Å². The summed E-state index contributed by atoms with van der Waals surface area (Å²) in [6, 6.07) is 34.1. The van der Waals surface area contributed by atoms with Gasteiger partial charge < -0.3 is 4.90 Å². The molecule has 32 heavy (non-hydrogen) atoms. The van der Waals surface area contributed by atoms with E-state index in [4.69, 9.17) is 0 Å². The van der Waals surface area contributed by atoms with Crippen LogP contribution in [-0.4, -0.2) is 8.42 Å². The Hall–Kier alpha value is -3.89. The molecule has 152 valence electrons. The van der Waals surface area contributed by atoms with E-state index in [1.807, 2.05) is 30.3 Å². The molecular weight excluding hydrogens is 414 g/mol. The van der Waals surface area contributed by atoms with Crippen LogP contribution in [0, 0.1) is 0 Å². The highest BCUT2D eigenvalue weighted by Crippen LogP contribution is 2.52. The Bertz CT molecular complexity index is 1700. The van der Waals surface area contributed by atoms with E-state index in [1.165, 1.54) is 21.9 Å². The zero-order valence-corrected chi connectivity index (χ0v) is 17.8. The van der Waals surface area contributed by atoms with Crippen LogP contribution in [0.2, 0.25) is 0 Å². The van der Waals surface area contributed by atoms with Crippen molar-refractivity contribution in [3.05, 3.63) is 103 Å². The number of sulfone groups is 1. The van der Waals surface area contributed by atoms with Gasteiger partial charge in [0.2, 0.25) is 9.84 Å². The zero-order chi connectivity index (χ0) is 21.4. The number of fused-ring (bicyclic) bond motifs is 5. The Morgan fingerprint density at radius 1 is 0.531 bits per heavy atom. The van der Waals surface area contributed by atoms with Gasteiger partial charge in [0.15, 0.2) is 0 Å². The Balaban J connectivity index is 1.55. The molecule has 4 heteroatoms. The van der Waals surface area contributed by atoms with E-state index in [0.29, 0.717) is 9.79 Å². The third kappa shape index (κ3) is 2.17. The van der Waals surface area contributed by atoms with Crippen molar-refractivity contribution in [1.82, 2.24) is 0 Å². The van der Waals surface area contributed by atoms with E-state index >= 15 is 0 Å². The average molecular weight is 432 g/mol. The number of hydrogen-bond donors (Lipinski definition) is 0. The first kappa shape index (κ1) is 17.8. The summed E-state index contributed by atoms with van der Waals surface area (Å²) in [7, 11) is -3.48. The molecule has 0 fully saturated rings. The third-order valence-electron chi connectivity index (χ3n) is 6.54. The van der Waals surface area contributed by atoms with Crippen molar-refractivity contribution in [2.24, 2.45) is 0 Å². The van der Waals surface area contributed by atoms with Gasteiger partial charge in [-0.2, -0.15) is 0 Å². The van der Waals surface area contributed by atoms with Crippen molar-refractivity contribution in [1.29, 1.82) is 0 Å². The van der Waals surface area contributed by atoms with Gasteiger partial charge in [0.1, 0.15) is 0 Å². The summed E-state index contributed by atoms with van der Waals surface area (Å²) in [5.41, 5.74) is 7.07. The number of para-hydroxylation sites is 1. The predicted molar refractivity (Wildman–Crippen MR) is 129 cm³/mol. The van der Waals surface area contributed by atoms with Crippen molar-refractivity contribution >= 4 is 37.7 Å². The predicted octanol–water partition coefficient (Wildman–Crippen LogP) is 7.10. The topological polar surface area (TPSA) is 37.4 Å². The fourth-order valence-corrected chi connectivity index (χ4v) is 6.85. The van der Waals surface area contributed by atoms with Gasteiger partial charge >= 0.3 is 0 Å². The molecule has 0 saturated carbocycles. The van der Waals surface area contributed by atoms with E-state index in [1.54, 1.807) is 18.2 Å². The molecule has 5 aromatic carbocycles. The normalized spacial score (nSPS) is 14.7. The summed E-state index contributed by atoms with van der Waals surface area (Å²) in [6.45, 7) is 0. The molecule has 0 saturated heterocycles. The lowest BCUT2D eigenvalue weighted by Gasteiger charge is -2.33. The van der Waals surface area contributed by atoms with Crippen molar-refractivity contribution < 1.29 is 8.42 Å². The van der Waals surface area contributed by atoms with Gasteiger partial charge in [-0.1, -0.05) is 66.7 Å². The first-order valence-electron chi connectivity index (χ1n) is 10.5. The molecule has 0 aliphatic carbocycles. The molecule has 3 nitrogen and oxygen atoms in total. The molecule has 0 bridgehead atoms. The van der Waals surface area contributed by atoms with Gasteiger partial charge in [-0.05, 0) is 47.3 Å². The summed E-state index contributed by atoms with van der Waals surface area (Å²) < 4.78 is 26.1. The van der Waals surface area contributed by atoms with Crippen molar-refractivity contribution in [3.63, 3.8) is 0 Å². The van der Waals surface area contributed by atoms with Crippen LogP contribution in [-0.2, 0) is 9.84 Å². The van der Waals surface area contributed by atoms with Gasteiger partial charge in [0.05, 0.1) is 21.2 Å². The molecule has 5 aromatic rings. The molecule has 0 atom stereocenters. The number of nitrogens with zero attached hydrogens (tertiary/aromatic N) is 1. The molecule has 0 aromatic heterocycles. The molecule has 2 aliphatic rings.